The van der Waals surface area contributed by atoms with Crippen molar-refractivity contribution in [2.75, 3.05) is 6.54 Å². The maximum absolute atomic E-state index is 5.52. The van der Waals surface area contributed by atoms with Crippen LogP contribution in [0.2, 0.25) is 0 Å². The van der Waals surface area contributed by atoms with Crippen LogP contribution < -0.4 is 5.73 Å². The average Bonchev–Trinajstić information content (AvgIpc) is 2.35. The van der Waals surface area contributed by atoms with Gasteiger partial charge in [0.25, 0.3) is 0 Å². The Labute approximate surface area is 80.3 Å². The molecular formula is C7H13BrN4. The molecule has 0 aliphatic heterocycles. The monoisotopic (exact) mass is 232 g/mol. The molecule has 68 valence electrons. The summed E-state index contributed by atoms with van der Waals surface area (Å²) in [4.78, 5) is 0. The third-order valence-electron chi connectivity index (χ3n) is 1.84. The summed E-state index contributed by atoms with van der Waals surface area (Å²) in [5.74, 6) is 0.471. The molecule has 1 aromatic heterocycles. The van der Waals surface area contributed by atoms with E-state index in [0.717, 1.165) is 16.7 Å². The van der Waals surface area contributed by atoms with Gasteiger partial charge in [-0.1, -0.05) is 12.1 Å². The third-order valence-corrected chi connectivity index (χ3v) is 2.46. The van der Waals surface area contributed by atoms with Crippen molar-refractivity contribution >= 4 is 15.9 Å². The van der Waals surface area contributed by atoms with Gasteiger partial charge in [-0.2, -0.15) is 0 Å². The summed E-state index contributed by atoms with van der Waals surface area (Å²) in [7, 11) is 1.89. The van der Waals surface area contributed by atoms with Crippen molar-refractivity contribution < 1.29 is 0 Å². The second-order valence-electron chi connectivity index (χ2n) is 3.00. The van der Waals surface area contributed by atoms with Crippen LogP contribution in [0.25, 0.3) is 0 Å². The quantitative estimate of drug-likeness (QED) is 0.836. The van der Waals surface area contributed by atoms with E-state index in [-0.39, 0.29) is 0 Å². The lowest BCUT2D eigenvalue weighted by Gasteiger charge is -2.07. The highest BCUT2D eigenvalue weighted by atomic mass is 79.9. The number of hydrogen-bond acceptors (Lipinski definition) is 3. The van der Waals surface area contributed by atoms with E-state index < -0.39 is 0 Å². The van der Waals surface area contributed by atoms with E-state index in [1.165, 1.54) is 0 Å². The molecule has 1 unspecified atom stereocenters. The van der Waals surface area contributed by atoms with Gasteiger partial charge in [-0.15, -0.1) is 5.10 Å². The van der Waals surface area contributed by atoms with Gasteiger partial charge >= 0.3 is 0 Å². The first-order chi connectivity index (χ1) is 5.65. The maximum Gasteiger partial charge on any atom is 0.151 e. The maximum atomic E-state index is 5.52. The number of nitrogens with zero attached hydrogens (tertiary/aromatic N) is 3. The van der Waals surface area contributed by atoms with Gasteiger partial charge in [0.05, 0.1) is 5.69 Å². The molecule has 0 radical (unpaired) electrons. The molecule has 0 aliphatic rings. The largest absolute Gasteiger partial charge is 0.330 e. The van der Waals surface area contributed by atoms with Crippen LogP contribution in [0.4, 0.5) is 0 Å². The number of halogens is 1. The Morgan fingerprint density at radius 1 is 1.67 bits per heavy atom. The number of hydrogen-bond donors (Lipinski definition) is 1. The topological polar surface area (TPSA) is 56.7 Å². The molecule has 0 bridgehead atoms. The number of aromatic nitrogens is 3. The van der Waals surface area contributed by atoms with Crippen LogP contribution in [-0.2, 0) is 13.5 Å². The molecule has 0 saturated carbocycles. The predicted octanol–water partition coefficient (Wildman–Crippen LogP) is 0.715. The van der Waals surface area contributed by atoms with E-state index in [9.17, 15) is 0 Å². The van der Waals surface area contributed by atoms with Crippen molar-refractivity contribution in [2.45, 2.75) is 13.3 Å². The van der Waals surface area contributed by atoms with Crippen molar-refractivity contribution in [3.05, 3.63) is 10.3 Å². The highest BCUT2D eigenvalue weighted by molar-refractivity contribution is 9.10. The van der Waals surface area contributed by atoms with Crippen LogP contribution in [0.3, 0.4) is 0 Å². The summed E-state index contributed by atoms with van der Waals surface area (Å²) in [6.07, 6.45) is 0.917. The van der Waals surface area contributed by atoms with Crippen molar-refractivity contribution in [2.24, 2.45) is 18.7 Å². The zero-order valence-corrected chi connectivity index (χ0v) is 8.87. The van der Waals surface area contributed by atoms with E-state index in [1.807, 2.05) is 7.05 Å². The van der Waals surface area contributed by atoms with Gasteiger partial charge in [-0.3, -0.25) is 4.68 Å². The summed E-state index contributed by atoms with van der Waals surface area (Å²) >= 11 is 3.34. The zero-order valence-electron chi connectivity index (χ0n) is 7.29. The molecular weight excluding hydrogens is 220 g/mol. The molecule has 0 aromatic carbocycles. The summed E-state index contributed by atoms with van der Waals surface area (Å²) < 4.78 is 2.60. The van der Waals surface area contributed by atoms with Crippen LogP contribution in [0.1, 0.15) is 12.6 Å². The number of nitrogens with two attached hydrogens (primary N) is 1. The van der Waals surface area contributed by atoms with Crippen LogP contribution in [0, 0.1) is 5.92 Å². The Kier molecular flexibility index (Phi) is 3.22. The minimum Gasteiger partial charge on any atom is -0.330 e. The zero-order chi connectivity index (χ0) is 9.14. The van der Waals surface area contributed by atoms with Gasteiger partial charge in [0, 0.05) is 7.05 Å². The van der Waals surface area contributed by atoms with E-state index in [0.29, 0.717) is 12.5 Å². The summed E-state index contributed by atoms with van der Waals surface area (Å²) in [6.45, 7) is 2.80. The molecule has 1 atom stereocenters. The molecule has 12 heavy (non-hydrogen) atoms. The van der Waals surface area contributed by atoms with Crippen LogP contribution >= 0.6 is 15.9 Å². The Balaban J connectivity index is 2.73. The average molecular weight is 233 g/mol. The predicted molar refractivity (Wildman–Crippen MR) is 50.6 cm³/mol. The fourth-order valence-corrected chi connectivity index (χ4v) is 1.47. The van der Waals surface area contributed by atoms with Gasteiger partial charge < -0.3 is 5.73 Å². The Morgan fingerprint density at radius 2 is 2.33 bits per heavy atom. The molecule has 0 saturated heterocycles. The molecule has 0 fully saturated rings. The molecule has 1 heterocycles. The third kappa shape index (κ3) is 2.04. The van der Waals surface area contributed by atoms with E-state index in [4.69, 9.17) is 5.73 Å². The molecule has 0 spiro atoms. The standard InChI is InChI=1S/C7H13BrN4/c1-5(4-9)3-6-7(8)10-11-12(6)2/h5H,3-4,9H2,1-2H3. The smallest absolute Gasteiger partial charge is 0.151 e. The van der Waals surface area contributed by atoms with Crippen molar-refractivity contribution in [1.82, 2.24) is 15.0 Å². The molecule has 2 N–H and O–H groups in total. The van der Waals surface area contributed by atoms with Crippen molar-refractivity contribution in [3.8, 4) is 0 Å². The molecule has 4 nitrogen and oxygen atoms in total. The highest BCUT2D eigenvalue weighted by Crippen LogP contribution is 2.15. The lowest BCUT2D eigenvalue weighted by atomic mass is 10.1. The second kappa shape index (κ2) is 4.00. The summed E-state index contributed by atoms with van der Waals surface area (Å²) in [5.41, 5.74) is 6.63. The molecule has 1 rings (SSSR count). The van der Waals surface area contributed by atoms with Gasteiger partial charge in [-0.25, -0.2) is 0 Å². The fourth-order valence-electron chi connectivity index (χ4n) is 0.981. The lowest BCUT2D eigenvalue weighted by Crippen LogP contribution is -2.15. The first kappa shape index (κ1) is 9.67. The minimum absolute atomic E-state index is 0.471. The van der Waals surface area contributed by atoms with Crippen LogP contribution in [0.5, 0.6) is 0 Å². The molecule has 0 aliphatic carbocycles. The van der Waals surface area contributed by atoms with E-state index >= 15 is 0 Å². The van der Waals surface area contributed by atoms with Gasteiger partial charge in [-0.05, 0) is 34.8 Å². The first-order valence-electron chi connectivity index (χ1n) is 3.89. The minimum atomic E-state index is 0.471. The van der Waals surface area contributed by atoms with Gasteiger partial charge in [0.1, 0.15) is 0 Å². The number of rotatable bonds is 3. The molecule has 0 amide bonds. The highest BCUT2D eigenvalue weighted by Gasteiger charge is 2.10. The Bertz CT molecular complexity index is 238. The summed E-state index contributed by atoms with van der Waals surface area (Å²) in [6, 6.07) is 0. The first-order valence-corrected chi connectivity index (χ1v) is 4.68. The van der Waals surface area contributed by atoms with Crippen LogP contribution in [0.15, 0.2) is 4.60 Å². The van der Waals surface area contributed by atoms with E-state index in [1.54, 1.807) is 4.68 Å². The Hall–Kier alpha value is -0.420. The lowest BCUT2D eigenvalue weighted by molar-refractivity contribution is 0.555. The van der Waals surface area contributed by atoms with Gasteiger partial charge in [0.2, 0.25) is 0 Å². The number of aryl methyl sites for hydroxylation is 1. The van der Waals surface area contributed by atoms with Gasteiger partial charge in [0.15, 0.2) is 4.60 Å². The van der Waals surface area contributed by atoms with Crippen molar-refractivity contribution in [3.63, 3.8) is 0 Å². The normalized spacial score (nSPS) is 13.3. The van der Waals surface area contributed by atoms with Crippen LogP contribution in [-0.4, -0.2) is 21.5 Å². The fraction of sp³-hybridized carbons (Fsp3) is 0.714. The Morgan fingerprint density at radius 3 is 2.75 bits per heavy atom. The second-order valence-corrected chi connectivity index (χ2v) is 3.75. The SMILES string of the molecule is CC(CN)Cc1c(Br)nnn1C. The van der Waals surface area contributed by atoms with Crippen molar-refractivity contribution in [1.29, 1.82) is 0 Å². The summed E-state index contributed by atoms with van der Waals surface area (Å²) in [5, 5.41) is 7.77. The molecule has 5 heteroatoms. The molecule has 1 aromatic rings. The van der Waals surface area contributed by atoms with E-state index in [2.05, 4.69) is 33.2 Å².